The average Bonchev–Trinajstić information content (AvgIpc) is 3.05. The summed E-state index contributed by atoms with van der Waals surface area (Å²) in [6.45, 7) is 0. The Balaban J connectivity index is 1.64. The first-order valence-electron chi connectivity index (χ1n) is 8.02. The molecular formula is C19H15NO5. The Bertz CT molecular complexity index is 845. The van der Waals surface area contributed by atoms with Crippen LogP contribution in [0.2, 0.25) is 0 Å². The minimum atomic E-state index is -1.67. The van der Waals surface area contributed by atoms with Gasteiger partial charge in [-0.3, -0.25) is 14.4 Å². The van der Waals surface area contributed by atoms with Crippen molar-refractivity contribution in [2.24, 2.45) is 5.92 Å². The minimum Gasteiger partial charge on any atom is -0.448 e. The molecule has 2 amide bonds. The van der Waals surface area contributed by atoms with Crippen LogP contribution in [0.15, 0.2) is 48.5 Å². The number of hydrogen-bond acceptors (Lipinski definition) is 4. The van der Waals surface area contributed by atoms with Crippen LogP contribution in [0, 0.1) is 5.92 Å². The summed E-state index contributed by atoms with van der Waals surface area (Å²) in [4.78, 5) is 39.3. The highest BCUT2D eigenvalue weighted by Gasteiger charge is 2.44. The van der Waals surface area contributed by atoms with Crippen molar-refractivity contribution in [3.8, 4) is 11.1 Å². The highest BCUT2D eigenvalue weighted by Crippen LogP contribution is 2.48. The summed E-state index contributed by atoms with van der Waals surface area (Å²) in [5.41, 5.74) is 4.53. The van der Waals surface area contributed by atoms with Crippen LogP contribution in [0.5, 0.6) is 0 Å². The van der Waals surface area contributed by atoms with Gasteiger partial charge in [-0.25, -0.2) is 4.79 Å². The molecule has 4 rings (SSSR count). The molecular weight excluding hydrogens is 322 g/mol. The van der Waals surface area contributed by atoms with Crippen LogP contribution in [0.3, 0.4) is 0 Å². The lowest BCUT2D eigenvalue weighted by Crippen LogP contribution is -2.33. The third kappa shape index (κ3) is 2.46. The highest BCUT2D eigenvalue weighted by atomic mass is 16.8. The number of rotatable bonds is 3. The van der Waals surface area contributed by atoms with E-state index < -0.39 is 23.9 Å². The first-order chi connectivity index (χ1) is 12.1. The van der Waals surface area contributed by atoms with E-state index in [0.717, 1.165) is 22.3 Å². The van der Waals surface area contributed by atoms with Crippen LogP contribution >= 0.6 is 0 Å². The summed E-state index contributed by atoms with van der Waals surface area (Å²) in [7, 11) is 0. The molecule has 0 saturated carbocycles. The van der Waals surface area contributed by atoms with Gasteiger partial charge in [-0.05, 0) is 28.7 Å². The van der Waals surface area contributed by atoms with Gasteiger partial charge in [-0.15, -0.1) is 0 Å². The number of nitrogens with zero attached hydrogens (tertiary/aromatic N) is 1. The van der Waals surface area contributed by atoms with E-state index in [1.165, 1.54) is 0 Å². The molecule has 2 aliphatic rings. The van der Waals surface area contributed by atoms with Gasteiger partial charge in [0.05, 0.1) is 5.92 Å². The van der Waals surface area contributed by atoms with E-state index in [-0.39, 0.29) is 12.3 Å². The maximum Gasteiger partial charge on any atom is 0.531 e. The van der Waals surface area contributed by atoms with Crippen molar-refractivity contribution in [2.75, 3.05) is 0 Å². The summed E-state index contributed by atoms with van der Waals surface area (Å²) in [5.74, 6) is -1.79. The zero-order chi connectivity index (χ0) is 17.6. The van der Waals surface area contributed by atoms with Gasteiger partial charge in [0.1, 0.15) is 0 Å². The number of imide groups is 1. The largest absolute Gasteiger partial charge is 0.531 e. The fourth-order valence-electron chi connectivity index (χ4n) is 3.83. The monoisotopic (exact) mass is 337 g/mol. The maximum atomic E-state index is 12.4. The van der Waals surface area contributed by atoms with Gasteiger partial charge in [-0.2, -0.15) is 0 Å². The molecule has 0 aromatic heterocycles. The Kier molecular flexibility index (Phi) is 3.53. The predicted octanol–water partition coefficient (Wildman–Crippen LogP) is 3.17. The molecule has 1 aliphatic heterocycles. The summed E-state index contributed by atoms with van der Waals surface area (Å²) in [6, 6.07) is 16.0. The second kappa shape index (κ2) is 5.73. The van der Waals surface area contributed by atoms with Gasteiger partial charge < -0.3 is 5.11 Å². The lowest BCUT2D eigenvalue weighted by Gasteiger charge is -2.17. The molecule has 1 heterocycles. The molecule has 1 N–H and O–H groups in total. The fraction of sp³-hybridized carbons (Fsp3) is 0.211. The molecule has 1 fully saturated rings. The van der Waals surface area contributed by atoms with Crippen LogP contribution in [0.1, 0.15) is 29.9 Å². The summed E-state index contributed by atoms with van der Waals surface area (Å²) in [5, 5.41) is 9.05. The van der Waals surface area contributed by atoms with Crippen LogP contribution in [0.25, 0.3) is 11.1 Å². The Morgan fingerprint density at radius 1 is 1.04 bits per heavy atom. The molecule has 0 bridgehead atoms. The third-order valence-electron chi connectivity index (χ3n) is 4.85. The molecule has 6 nitrogen and oxygen atoms in total. The average molecular weight is 337 g/mol. The number of benzene rings is 2. The number of carbonyl (C=O) groups is 3. The number of hydrogen-bond donors (Lipinski definition) is 1. The van der Waals surface area contributed by atoms with Gasteiger partial charge in [0.2, 0.25) is 0 Å². The van der Waals surface area contributed by atoms with Crippen molar-refractivity contribution in [2.45, 2.75) is 18.8 Å². The van der Waals surface area contributed by atoms with Gasteiger partial charge >= 0.3 is 6.16 Å². The first-order valence-corrected chi connectivity index (χ1v) is 8.02. The minimum absolute atomic E-state index is 0.000993. The van der Waals surface area contributed by atoms with Gasteiger partial charge in [0.15, 0.2) is 0 Å². The Morgan fingerprint density at radius 3 is 2.16 bits per heavy atom. The van der Waals surface area contributed by atoms with Crippen molar-refractivity contribution < 1.29 is 24.3 Å². The molecule has 25 heavy (non-hydrogen) atoms. The first kappa shape index (κ1) is 15.4. The van der Waals surface area contributed by atoms with Crippen molar-refractivity contribution in [1.82, 2.24) is 5.06 Å². The Labute approximate surface area is 143 Å². The van der Waals surface area contributed by atoms with E-state index in [4.69, 9.17) is 5.11 Å². The Hall–Kier alpha value is -3.15. The zero-order valence-corrected chi connectivity index (χ0v) is 13.2. The van der Waals surface area contributed by atoms with Crippen LogP contribution in [-0.4, -0.2) is 28.1 Å². The van der Waals surface area contributed by atoms with E-state index in [2.05, 4.69) is 17.0 Å². The molecule has 0 unspecified atom stereocenters. The number of carboxylic acid groups (broad SMARTS) is 1. The lowest BCUT2D eigenvalue weighted by molar-refractivity contribution is -0.176. The summed E-state index contributed by atoms with van der Waals surface area (Å²) < 4.78 is 0. The number of carbonyl (C=O) groups excluding carboxylic acids is 2. The van der Waals surface area contributed by atoms with Crippen LogP contribution in [-0.2, 0) is 14.4 Å². The molecule has 1 saturated heterocycles. The fourth-order valence-corrected chi connectivity index (χ4v) is 3.83. The second-order valence-electron chi connectivity index (χ2n) is 6.25. The normalized spacial score (nSPS) is 19.0. The van der Waals surface area contributed by atoms with Gasteiger partial charge in [0, 0.05) is 12.3 Å². The number of amides is 2. The molecule has 0 radical (unpaired) electrons. The maximum absolute atomic E-state index is 12.4. The topological polar surface area (TPSA) is 83.9 Å². The molecule has 1 atom stereocenters. The van der Waals surface area contributed by atoms with Gasteiger partial charge in [0.25, 0.3) is 11.8 Å². The van der Waals surface area contributed by atoms with E-state index in [1.807, 2.05) is 36.4 Å². The predicted molar refractivity (Wildman–Crippen MR) is 87.4 cm³/mol. The summed E-state index contributed by atoms with van der Waals surface area (Å²) in [6.07, 6.45) is -1.26. The zero-order valence-electron chi connectivity index (χ0n) is 13.2. The number of hydroxylamine groups is 2. The van der Waals surface area contributed by atoms with E-state index >= 15 is 0 Å². The third-order valence-corrected chi connectivity index (χ3v) is 4.85. The molecule has 126 valence electrons. The van der Waals surface area contributed by atoms with E-state index in [0.29, 0.717) is 11.5 Å². The quantitative estimate of drug-likeness (QED) is 0.870. The molecule has 2 aromatic rings. The molecule has 6 heteroatoms. The summed E-state index contributed by atoms with van der Waals surface area (Å²) >= 11 is 0. The van der Waals surface area contributed by atoms with E-state index in [9.17, 15) is 14.4 Å². The van der Waals surface area contributed by atoms with Crippen molar-refractivity contribution in [1.29, 1.82) is 0 Å². The van der Waals surface area contributed by atoms with Crippen LogP contribution in [0.4, 0.5) is 4.79 Å². The highest BCUT2D eigenvalue weighted by molar-refractivity contribution is 6.03. The van der Waals surface area contributed by atoms with Crippen molar-refractivity contribution in [3.63, 3.8) is 0 Å². The molecule has 0 spiro atoms. The SMILES string of the molecule is O=C(O)ON1C(=O)C[C@H](CC2c3ccccc3-c3ccccc32)C1=O. The molecule has 1 aliphatic carbocycles. The number of fused-ring (bicyclic) bond motifs is 3. The standard InChI is InChI=1S/C19H15NO5/c21-17-10-11(18(22)20(17)25-19(23)24)9-16-14-7-3-1-5-12(14)13-6-2-4-8-15(13)16/h1-8,11,16H,9-10H2,(H,23,24)/t11-/m0/s1. The smallest absolute Gasteiger partial charge is 0.448 e. The Morgan fingerprint density at radius 2 is 1.60 bits per heavy atom. The van der Waals surface area contributed by atoms with Crippen LogP contribution < -0.4 is 0 Å². The van der Waals surface area contributed by atoms with Gasteiger partial charge in [-0.1, -0.05) is 53.6 Å². The molecule has 2 aromatic carbocycles. The van der Waals surface area contributed by atoms with Crippen molar-refractivity contribution >= 4 is 18.0 Å². The lowest BCUT2D eigenvalue weighted by atomic mass is 9.86. The van der Waals surface area contributed by atoms with Crippen molar-refractivity contribution in [3.05, 3.63) is 59.7 Å². The second-order valence-corrected chi connectivity index (χ2v) is 6.25. The van der Waals surface area contributed by atoms with E-state index in [1.54, 1.807) is 0 Å².